The van der Waals surface area contributed by atoms with Gasteiger partial charge in [-0.2, -0.15) is 10.2 Å². The number of phenols is 1. The van der Waals surface area contributed by atoms with Crippen LogP contribution in [0.15, 0.2) is 58.9 Å². The molecule has 2 rings (SSSR count). The second kappa shape index (κ2) is 5.55. The number of pyridine rings is 1. The summed E-state index contributed by atoms with van der Waals surface area (Å²) in [4.78, 5) is 4.07. The molecule has 0 aliphatic heterocycles. The SMILES string of the molecule is Oc1ccccc1/C=N/N=C/c1ccccn1. The lowest BCUT2D eigenvalue weighted by Crippen LogP contribution is -1.84. The van der Waals surface area contributed by atoms with Crippen LogP contribution in [0.5, 0.6) is 5.75 Å². The van der Waals surface area contributed by atoms with Gasteiger partial charge in [0.15, 0.2) is 0 Å². The number of hydrogen-bond acceptors (Lipinski definition) is 4. The van der Waals surface area contributed by atoms with Crippen LogP contribution in [-0.4, -0.2) is 22.5 Å². The molecule has 0 saturated heterocycles. The minimum atomic E-state index is 0.185. The molecule has 0 aliphatic carbocycles. The lowest BCUT2D eigenvalue weighted by atomic mass is 10.2. The van der Waals surface area contributed by atoms with Gasteiger partial charge in [0.2, 0.25) is 0 Å². The molecule has 17 heavy (non-hydrogen) atoms. The Hall–Kier alpha value is -2.49. The van der Waals surface area contributed by atoms with Crippen molar-refractivity contribution < 1.29 is 5.11 Å². The summed E-state index contributed by atoms with van der Waals surface area (Å²) in [5, 5.41) is 17.2. The molecule has 0 amide bonds. The topological polar surface area (TPSA) is 57.8 Å². The molecule has 4 heteroatoms. The van der Waals surface area contributed by atoms with Crippen LogP contribution >= 0.6 is 0 Å². The number of rotatable bonds is 3. The molecule has 1 N–H and O–H groups in total. The second-order valence-electron chi connectivity index (χ2n) is 3.30. The van der Waals surface area contributed by atoms with Crippen LogP contribution in [0.25, 0.3) is 0 Å². The highest BCUT2D eigenvalue weighted by Crippen LogP contribution is 2.12. The Bertz CT molecular complexity index is 535. The van der Waals surface area contributed by atoms with E-state index in [-0.39, 0.29) is 5.75 Å². The molecule has 2 aromatic rings. The zero-order valence-corrected chi connectivity index (χ0v) is 9.06. The first-order valence-electron chi connectivity index (χ1n) is 5.12. The molecule has 0 spiro atoms. The van der Waals surface area contributed by atoms with Crippen LogP contribution in [0, 0.1) is 0 Å². The van der Waals surface area contributed by atoms with Crippen molar-refractivity contribution in [1.82, 2.24) is 4.98 Å². The van der Waals surface area contributed by atoms with Gasteiger partial charge in [0.1, 0.15) is 5.75 Å². The van der Waals surface area contributed by atoms with E-state index in [9.17, 15) is 5.11 Å². The van der Waals surface area contributed by atoms with E-state index in [1.807, 2.05) is 24.3 Å². The average molecular weight is 225 g/mol. The molecular weight excluding hydrogens is 214 g/mol. The maximum Gasteiger partial charge on any atom is 0.124 e. The molecule has 0 bridgehead atoms. The summed E-state index contributed by atoms with van der Waals surface area (Å²) < 4.78 is 0. The zero-order valence-electron chi connectivity index (χ0n) is 9.06. The summed E-state index contributed by atoms with van der Waals surface area (Å²) in [7, 11) is 0. The molecule has 4 nitrogen and oxygen atoms in total. The van der Waals surface area contributed by atoms with Crippen LogP contribution in [0.2, 0.25) is 0 Å². The largest absolute Gasteiger partial charge is 0.507 e. The Balaban J connectivity index is 2.04. The number of aromatic hydroxyl groups is 1. The van der Waals surface area contributed by atoms with Gasteiger partial charge in [-0.25, -0.2) is 0 Å². The van der Waals surface area contributed by atoms with E-state index >= 15 is 0 Å². The highest BCUT2D eigenvalue weighted by molar-refractivity contribution is 5.84. The Morgan fingerprint density at radius 2 is 1.71 bits per heavy atom. The van der Waals surface area contributed by atoms with E-state index in [1.165, 1.54) is 6.21 Å². The molecule has 1 heterocycles. The minimum absolute atomic E-state index is 0.185. The van der Waals surface area contributed by atoms with Crippen molar-refractivity contribution in [2.45, 2.75) is 0 Å². The first-order chi connectivity index (χ1) is 8.36. The van der Waals surface area contributed by atoms with Crippen LogP contribution in [-0.2, 0) is 0 Å². The Morgan fingerprint density at radius 3 is 2.47 bits per heavy atom. The number of benzene rings is 1. The van der Waals surface area contributed by atoms with Crippen molar-refractivity contribution in [2.24, 2.45) is 10.2 Å². The number of nitrogens with zero attached hydrogens (tertiary/aromatic N) is 3. The summed E-state index contributed by atoms with van der Waals surface area (Å²) in [5.41, 5.74) is 1.37. The molecule has 0 saturated carbocycles. The fourth-order valence-electron chi connectivity index (χ4n) is 1.24. The highest BCUT2D eigenvalue weighted by atomic mass is 16.3. The first-order valence-corrected chi connectivity index (χ1v) is 5.12. The number of phenolic OH excluding ortho intramolecular Hbond substituents is 1. The van der Waals surface area contributed by atoms with Gasteiger partial charge in [0, 0.05) is 11.8 Å². The van der Waals surface area contributed by atoms with E-state index in [1.54, 1.807) is 30.6 Å². The van der Waals surface area contributed by atoms with E-state index in [2.05, 4.69) is 15.2 Å². The van der Waals surface area contributed by atoms with Gasteiger partial charge < -0.3 is 5.11 Å². The number of para-hydroxylation sites is 1. The maximum atomic E-state index is 9.47. The number of hydrogen-bond donors (Lipinski definition) is 1. The van der Waals surface area contributed by atoms with Crippen LogP contribution in [0.1, 0.15) is 11.3 Å². The van der Waals surface area contributed by atoms with E-state index in [4.69, 9.17) is 0 Å². The fraction of sp³-hybridized carbons (Fsp3) is 0. The van der Waals surface area contributed by atoms with Crippen LogP contribution in [0.3, 0.4) is 0 Å². The summed E-state index contributed by atoms with van der Waals surface area (Å²) in [6.07, 6.45) is 4.74. The predicted molar refractivity (Wildman–Crippen MR) is 67.5 cm³/mol. The normalized spacial score (nSPS) is 11.3. The summed E-state index contributed by atoms with van der Waals surface area (Å²) in [6, 6.07) is 12.5. The molecule has 0 atom stereocenters. The molecule has 0 unspecified atom stereocenters. The quantitative estimate of drug-likeness (QED) is 0.643. The molecule has 1 aromatic carbocycles. The molecule has 0 aliphatic rings. The lowest BCUT2D eigenvalue weighted by molar-refractivity contribution is 0.474. The second-order valence-corrected chi connectivity index (χ2v) is 3.30. The smallest absolute Gasteiger partial charge is 0.124 e. The van der Waals surface area contributed by atoms with Gasteiger partial charge in [0.05, 0.1) is 18.1 Å². The van der Waals surface area contributed by atoms with Crippen molar-refractivity contribution in [2.75, 3.05) is 0 Å². The van der Waals surface area contributed by atoms with Gasteiger partial charge in [-0.15, -0.1) is 0 Å². The van der Waals surface area contributed by atoms with Gasteiger partial charge in [0.25, 0.3) is 0 Å². The highest BCUT2D eigenvalue weighted by Gasteiger charge is 1.93. The monoisotopic (exact) mass is 225 g/mol. The third kappa shape index (κ3) is 3.24. The molecule has 84 valence electrons. The van der Waals surface area contributed by atoms with E-state index in [0.29, 0.717) is 5.56 Å². The van der Waals surface area contributed by atoms with Crippen molar-refractivity contribution in [3.8, 4) is 5.75 Å². The first kappa shape index (κ1) is 11.0. The molecule has 0 radical (unpaired) electrons. The van der Waals surface area contributed by atoms with Gasteiger partial charge in [-0.3, -0.25) is 4.98 Å². The van der Waals surface area contributed by atoms with Crippen molar-refractivity contribution >= 4 is 12.4 Å². The van der Waals surface area contributed by atoms with Crippen LogP contribution < -0.4 is 0 Å². The van der Waals surface area contributed by atoms with Gasteiger partial charge >= 0.3 is 0 Å². The maximum absolute atomic E-state index is 9.47. The fourth-order valence-corrected chi connectivity index (χ4v) is 1.24. The van der Waals surface area contributed by atoms with Crippen molar-refractivity contribution in [1.29, 1.82) is 0 Å². The van der Waals surface area contributed by atoms with E-state index in [0.717, 1.165) is 5.69 Å². The Kier molecular flexibility index (Phi) is 3.60. The van der Waals surface area contributed by atoms with Gasteiger partial charge in [-0.1, -0.05) is 18.2 Å². The predicted octanol–water partition coefficient (Wildman–Crippen LogP) is 2.24. The van der Waals surface area contributed by atoms with E-state index < -0.39 is 0 Å². The van der Waals surface area contributed by atoms with Crippen LogP contribution in [0.4, 0.5) is 0 Å². The standard InChI is InChI=1S/C13H11N3O/c17-13-7-2-1-5-11(13)9-15-16-10-12-6-3-4-8-14-12/h1-10,17H/b15-9+,16-10+. The molecule has 0 fully saturated rings. The molecular formula is C13H11N3O. The summed E-state index contributed by atoms with van der Waals surface area (Å²) in [6.45, 7) is 0. The molecule has 1 aromatic heterocycles. The minimum Gasteiger partial charge on any atom is -0.507 e. The Morgan fingerprint density at radius 1 is 0.941 bits per heavy atom. The third-order valence-electron chi connectivity index (χ3n) is 2.08. The zero-order chi connectivity index (χ0) is 11.9. The van der Waals surface area contributed by atoms with Crippen molar-refractivity contribution in [3.63, 3.8) is 0 Å². The Labute approximate surface area is 99.0 Å². The van der Waals surface area contributed by atoms with Gasteiger partial charge in [-0.05, 0) is 24.3 Å². The van der Waals surface area contributed by atoms with Crippen molar-refractivity contribution in [3.05, 3.63) is 59.9 Å². The summed E-state index contributed by atoms with van der Waals surface area (Å²) >= 11 is 0. The number of aromatic nitrogens is 1. The third-order valence-corrected chi connectivity index (χ3v) is 2.08. The lowest BCUT2D eigenvalue weighted by Gasteiger charge is -1.94. The average Bonchev–Trinajstić information content (AvgIpc) is 2.38. The summed E-state index contributed by atoms with van der Waals surface area (Å²) in [5.74, 6) is 0.185.